The number of ether oxygens (including phenoxy) is 1. The lowest BCUT2D eigenvalue weighted by atomic mass is 10.1. The van der Waals surface area contributed by atoms with Crippen LogP contribution in [0, 0.1) is 0 Å². The van der Waals surface area contributed by atoms with Gasteiger partial charge < -0.3 is 4.74 Å². The Bertz CT molecular complexity index is 441. The van der Waals surface area contributed by atoms with Crippen molar-refractivity contribution in [2.45, 2.75) is 25.1 Å². The summed E-state index contributed by atoms with van der Waals surface area (Å²) in [4.78, 5) is 15.2. The minimum atomic E-state index is -2.66. The Morgan fingerprint density at radius 3 is 2.72 bits per heavy atom. The zero-order valence-corrected chi connectivity index (χ0v) is 12.7. The van der Waals surface area contributed by atoms with Gasteiger partial charge in [-0.2, -0.15) is 0 Å². The van der Waals surface area contributed by atoms with E-state index in [0.29, 0.717) is 16.6 Å². The summed E-state index contributed by atoms with van der Waals surface area (Å²) in [5, 5.41) is 0.300. The van der Waals surface area contributed by atoms with E-state index in [9.17, 15) is 13.6 Å². The Morgan fingerprint density at radius 1 is 1.56 bits per heavy atom. The van der Waals surface area contributed by atoms with Crippen molar-refractivity contribution in [3.8, 4) is 0 Å². The topological polar surface area (TPSA) is 39.2 Å². The summed E-state index contributed by atoms with van der Waals surface area (Å²) < 4.78 is 30.3. The van der Waals surface area contributed by atoms with Gasteiger partial charge in [-0.3, -0.25) is 4.79 Å². The van der Waals surface area contributed by atoms with E-state index in [4.69, 9.17) is 4.74 Å². The van der Waals surface area contributed by atoms with Gasteiger partial charge in [-0.05, 0) is 34.5 Å². The lowest BCUT2D eigenvalue weighted by Gasteiger charge is -2.10. The van der Waals surface area contributed by atoms with E-state index in [2.05, 4.69) is 36.8 Å². The number of hydrogen-bond donors (Lipinski definition) is 0. The fourth-order valence-electron chi connectivity index (χ4n) is 1.37. The molecular weight excluding hydrogens is 376 g/mol. The molecule has 0 aliphatic carbocycles. The molecule has 0 saturated carbocycles. The minimum absolute atomic E-state index is 0.0177. The fraction of sp³-hybridized carbons (Fsp3) is 0.455. The number of carbonyl (C=O) groups is 1. The number of carbonyl (C=O) groups excluding carboxylic acids is 1. The molecular formula is C11H11Br2F2NO2. The van der Waals surface area contributed by atoms with Gasteiger partial charge in [0.1, 0.15) is 5.69 Å². The normalized spacial score (nSPS) is 10.8. The number of alkyl halides is 3. The van der Waals surface area contributed by atoms with Crippen molar-refractivity contribution < 1.29 is 18.3 Å². The maximum Gasteiger partial charge on any atom is 0.310 e. The van der Waals surface area contributed by atoms with Gasteiger partial charge in [-0.1, -0.05) is 15.9 Å². The van der Waals surface area contributed by atoms with E-state index in [0.717, 1.165) is 0 Å². The molecule has 0 bridgehead atoms. The molecule has 0 N–H and O–H groups in total. The lowest BCUT2D eigenvalue weighted by molar-refractivity contribution is -0.142. The summed E-state index contributed by atoms with van der Waals surface area (Å²) in [6, 6.07) is 1.49. The Morgan fingerprint density at radius 2 is 2.22 bits per heavy atom. The molecule has 0 aliphatic heterocycles. The van der Waals surface area contributed by atoms with Crippen LogP contribution in [0.3, 0.4) is 0 Å². The number of halogens is 4. The first-order valence-electron chi connectivity index (χ1n) is 5.17. The lowest BCUT2D eigenvalue weighted by Crippen LogP contribution is -2.11. The molecule has 0 saturated heterocycles. The second-order valence-electron chi connectivity index (χ2n) is 3.38. The molecule has 0 aromatic carbocycles. The predicted octanol–water partition coefficient (Wildman–Crippen LogP) is 3.78. The van der Waals surface area contributed by atoms with Crippen LogP contribution in [-0.2, 0) is 21.3 Å². The summed E-state index contributed by atoms with van der Waals surface area (Å²) in [6.45, 7) is 1.99. The van der Waals surface area contributed by atoms with Crippen molar-refractivity contribution in [1.82, 2.24) is 4.98 Å². The van der Waals surface area contributed by atoms with E-state index in [-0.39, 0.29) is 23.2 Å². The van der Waals surface area contributed by atoms with Crippen LogP contribution in [-0.4, -0.2) is 17.6 Å². The largest absolute Gasteiger partial charge is 0.466 e. The van der Waals surface area contributed by atoms with E-state index in [1.165, 1.54) is 6.07 Å². The first-order valence-corrected chi connectivity index (χ1v) is 7.09. The second kappa shape index (κ2) is 7.13. The fourth-order valence-corrected chi connectivity index (χ4v) is 2.39. The first kappa shape index (κ1) is 15.5. The van der Waals surface area contributed by atoms with Crippen molar-refractivity contribution in [3.05, 3.63) is 27.5 Å². The summed E-state index contributed by atoms with van der Waals surface area (Å²) in [5.74, 6) is -0.404. The predicted molar refractivity (Wildman–Crippen MR) is 69.9 cm³/mol. The number of hydrogen-bond acceptors (Lipinski definition) is 3. The van der Waals surface area contributed by atoms with Gasteiger partial charge in [-0.15, -0.1) is 0 Å². The van der Waals surface area contributed by atoms with Crippen LogP contribution < -0.4 is 0 Å². The highest BCUT2D eigenvalue weighted by Gasteiger charge is 2.18. The molecule has 0 spiro atoms. The Kier molecular flexibility index (Phi) is 6.14. The van der Waals surface area contributed by atoms with Gasteiger partial charge in [-0.25, -0.2) is 13.8 Å². The number of esters is 1. The highest BCUT2D eigenvalue weighted by Crippen LogP contribution is 2.28. The average Bonchev–Trinajstić information content (AvgIpc) is 2.29. The Balaban J connectivity index is 3.05. The minimum Gasteiger partial charge on any atom is -0.466 e. The average molecular weight is 387 g/mol. The van der Waals surface area contributed by atoms with Crippen LogP contribution in [0.1, 0.15) is 30.3 Å². The molecule has 1 aromatic rings. The van der Waals surface area contributed by atoms with Gasteiger partial charge in [0.2, 0.25) is 0 Å². The molecule has 1 aromatic heterocycles. The van der Waals surface area contributed by atoms with E-state index in [1.807, 2.05) is 0 Å². The highest BCUT2D eigenvalue weighted by molar-refractivity contribution is 9.10. The zero-order chi connectivity index (χ0) is 13.7. The van der Waals surface area contributed by atoms with E-state index < -0.39 is 12.4 Å². The van der Waals surface area contributed by atoms with Crippen molar-refractivity contribution in [2.75, 3.05) is 6.61 Å². The third-order valence-corrected chi connectivity index (χ3v) is 3.31. The summed E-state index contributed by atoms with van der Waals surface area (Å²) >= 11 is 6.20. The molecule has 0 atom stereocenters. The monoisotopic (exact) mass is 385 g/mol. The number of pyridine rings is 1. The maximum atomic E-state index is 12.7. The Labute approximate surface area is 120 Å². The molecule has 0 radical (unpaired) electrons. The van der Waals surface area contributed by atoms with E-state index >= 15 is 0 Å². The molecule has 7 heteroatoms. The summed E-state index contributed by atoms with van der Waals surface area (Å²) in [6.07, 6.45) is -2.64. The van der Waals surface area contributed by atoms with Crippen LogP contribution in [0.25, 0.3) is 0 Å². The van der Waals surface area contributed by atoms with Crippen LogP contribution in [0.4, 0.5) is 8.78 Å². The van der Waals surface area contributed by atoms with Crippen molar-refractivity contribution in [1.29, 1.82) is 0 Å². The standard InChI is InChI=1S/C11H11Br2F2NO2/c1-2-18-9(17)4-6-3-7(13)10(11(14)15)16-8(6)5-12/h3,11H,2,4-5H2,1H3. The third-order valence-electron chi connectivity index (χ3n) is 2.15. The second-order valence-corrected chi connectivity index (χ2v) is 4.79. The van der Waals surface area contributed by atoms with Gasteiger partial charge in [0.15, 0.2) is 0 Å². The molecule has 0 amide bonds. The van der Waals surface area contributed by atoms with E-state index in [1.54, 1.807) is 6.92 Å². The first-order chi connectivity index (χ1) is 8.49. The molecule has 1 rings (SSSR count). The van der Waals surface area contributed by atoms with Crippen LogP contribution >= 0.6 is 31.9 Å². The van der Waals surface area contributed by atoms with Crippen molar-refractivity contribution >= 4 is 37.8 Å². The Hall–Kier alpha value is -0.560. The molecule has 0 fully saturated rings. The number of rotatable bonds is 5. The highest BCUT2D eigenvalue weighted by atomic mass is 79.9. The molecule has 18 heavy (non-hydrogen) atoms. The van der Waals surface area contributed by atoms with Crippen LogP contribution in [0.15, 0.2) is 10.5 Å². The van der Waals surface area contributed by atoms with Crippen molar-refractivity contribution in [3.63, 3.8) is 0 Å². The van der Waals surface area contributed by atoms with Crippen LogP contribution in [0.5, 0.6) is 0 Å². The van der Waals surface area contributed by atoms with Gasteiger partial charge in [0.25, 0.3) is 6.43 Å². The van der Waals surface area contributed by atoms with Crippen molar-refractivity contribution in [2.24, 2.45) is 0 Å². The van der Waals surface area contributed by atoms with Gasteiger partial charge in [0, 0.05) is 9.80 Å². The maximum absolute atomic E-state index is 12.7. The number of aromatic nitrogens is 1. The van der Waals surface area contributed by atoms with Gasteiger partial charge >= 0.3 is 5.97 Å². The quantitative estimate of drug-likeness (QED) is 0.571. The van der Waals surface area contributed by atoms with Crippen LogP contribution in [0.2, 0.25) is 0 Å². The van der Waals surface area contributed by atoms with Gasteiger partial charge in [0.05, 0.1) is 18.7 Å². The third kappa shape index (κ3) is 3.98. The molecule has 3 nitrogen and oxygen atoms in total. The molecule has 0 unspecified atom stereocenters. The summed E-state index contributed by atoms with van der Waals surface area (Å²) in [5.41, 5.74) is 0.667. The zero-order valence-electron chi connectivity index (χ0n) is 9.55. The SMILES string of the molecule is CCOC(=O)Cc1cc(Br)c(C(F)F)nc1CBr. The number of nitrogens with zero attached hydrogens (tertiary/aromatic N) is 1. The smallest absolute Gasteiger partial charge is 0.310 e. The summed E-state index contributed by atoms with van der Waals surface area (Å²) in [7, 11) is 0. The molecule has 100 valence electrons. The molecule has 0 aliphatic rings. The molecule has 1 heterocycles.